The SMILES string of the molecule is Cc1cc(C(=O)N(CCN)Cc2ccc(O)cc2F)n[nH]1. The number of H-pyrrole nitrogens is 1. The van der Waals surface area contributed by atoms with Gasteiger partial charge < -0.3 is 15.7 Å². The molecule has 1 heterocycles. The van der Waals surface area contributed by atoms with E-state index in [2.05, 4.69) is 10.2 Å². The molecule has 0 spiro atoms. The topological polar surface area (TPSA) is 95.2 Å². The molecule has 1 amide bonds. The highest BCUT2D eigenvalue weighted by Gasteiger charge is 2.19. The van der Waals surface area contributed by atoms with Crippen LogP contribution in [-0.2, 0) is 6.54 Å². The lowest BCUT2D eigenvalue weighted by Gasteiger charge is -2.21. The molecule has 0 saturated carbocycles. The molecule has 7 heteroatoms. The maximum absolute atomic E-state index is 13.8. The summed E-state index contributed by atoms with van der Waals surface area (Å²) in [5.41, 5.74) is 6.85. The molecule has 21 heavy (non-hydrogen) atoms. The molecule has 1 aromatic heterocycles. The average molecular weight is 292 g/mol. The summed E-state index contributed by atoms with van der Waals surface area (Å²) >= 11 is 0. The molecule has 1 aromatic carbocycles. The molecule has 6 nitrogen and oxygen atoms in total. The lowest BCUT2D eigenvalue weighted by Crippen LogP contribution is -2.35. The molecule has 0 fully saturated rings. The van der Waals surface area contributed by atoms with E-state index >= 15 is 0 Å². The first-order valence-electron chi connectivity index (χ1n) is 6.50. The van der Waals surface area contributed by atoms with Crippen LogP contribution in [0.15, 0.2) is 24.3 Å². The molecule has 2 aromatic rings. The monoisotopic (exact) mass is 292 g/mol. The van der Waals surface area contributed by atoms with Crippen LogP contribution < -0.4 is 5.73 Å². The van der Waals surface area contributed by atoms with Crippen molar-refractivity contribution in [1.82, 2.24) is 15.1 Å². The Morgan fingerprint density at radius 2 is 2.24 bits per heavy atom. The first-order chi connectivity index (χ1) is 10.0. The summed E-state index contributed by atoms with van der Waals surface area (Å²) in [5, 5.41) is 15.8. The van der Waals surface area contributed by atoms with Crippen LogP contribution in [0.3, 0.4) is 0 Å². The third-order valence-corrected chi connectivity index (χ3v) is 3.01. The first kappa shape index (κ1) is 15.0. The molecule has 0 bridgehead atoms. The Morgan fingerprint density at radius 1 is 1.48 bits per heavy atom. The minimum atomic E-state index is -0.567. The van der Waals surface area contributed by atoms with Crippen molar-refractivity contribution in [3.05, 3.63) is 47.0 Å². The fraction of sp³-hybridized carbons (Fsp3) is 0.286. The minimum absolute atomic E-state index is 0.0635. The summed E-state index contributed by atoms with van der Waals surface area (Å²) in [6.45, 7) is 2.39. The quantitative estimate of drug-likeness (QED) is 0.770. The number of nitrogens with one attached hydrogen (secondary N) is 1. The van der Waals surface area contributed by atoms with Crippen molar-refractivity contribution < 1.29 is 14.3 Å². The molecule has 0 radical (unpaired) electrons. The van der Waals surface area contributed by atoms with Gasteiger partial charge in [0.25, 0.3) is 5.91 Å². The molecular weight excluding hydrogens is 275 g/mol. The molecule has 0 atom stereocenters. The fourth-order valence-corrected chi connectivity index (χ4v) is 1.97. The van der Waals surface area contributed by atoms with E-state index in [1.807, 2.05) is 0 Å². The van der Waals surface area contributed by atoms with Crippen LogP contribution in [0, 0.1) is 12.7 Å². The van der Waals surface area contributed by atoms with Crippen LogP contribution in [0.4, 0.5) is 4.39 Å². The number of carbonyl (C=O) groups excluding carboxylic acids is 1. The number of carbonyl (C=O) groups is 1. The second-order valence-corrected chi connectivity index (χ2v) is 4.73. The number of halogens is 1. The number of rotatable bonds is 5. The van der Waals surface area contributed by atoms with Crippen molar-refractivity contribution >= 4 is 5.91 Å². The van der Waals surface area contributed by atoms with Gasteiger partial charge in [-0.25, -0.2) is 4.39 Å². The third kappa shape index (κ3) is 3.57. The van der Waals surface area contributed by atoms with Crippen molar-refractivity contribution in [2.45, 2.75) is 13.5 Å². The Kier molecular flexibility index (Phi) is 4.54. The normalized spacial score (nSPS) is 10.6. The Bertz CT molecular complexity index is 642. The fourth-order valence-electron chi connectivity index (χ4n) is 1.97. The number of nitrogens with two attached hydrogens (primary N) is 1. The number of hydrogen-bond donors (Lipinski definition) is 3. The van der Waals surface area contributed by atoms with E-state index in [-0.39, 0.29) is 37.0 Å². The van der Waals surface area contributed by atoms with Crippen LogP contribution in [0.5, 0.6) is 5.75 Å². The van der Waals surface area contributed by atoms with Crippen molar-refractivity contribution in [2.75, 3.05) is 13.1 Å². The van der Waals surface area contributed by atoms with Gasteiger partial charge in [0.05, 0.1) is 0 Å². The molecule has 4 N–H and O–H groups in total. The van der Waals surface area contributed by atoms with Crippen LogP contribution >= 0.6 is 0 Å². The molecule has 112 valence electrons. The Balaban J connectivity index is 2.20. The summed E-state index contributed by atoms with van der Waals surface area (Å²) < 4.78 is 13.8. The van der Waals surface area contributed by atoms with Gasteiger partial charge in [0.1, 0.15) is 17.3 Å². The number of hydrogen-bond acceptors (Lipinski definition) is 4. The zero-order valence-corrected chi connectivity index (χ0v) is 11.6. The highest BCUT2D eigenvalue weighted by atomic mass is 19.1. The number of benzene rings is 1. The third-order valence-electron chi connectivity index (χ3n) is 3.01. The van der Waals surface area contributed by atoms with Gasteiger partial charge in [-0.2, -0.15) is 5.10 Å². The summed E-state index contributed by atoms with van der Waals surface area (Å²) in [7, 11) is 0. The minimum Gasteiger partial charge on any atom is -0.508 e. The highest BCUT2D eigenvalue weighted by molar-refractivity contribution is 5.92. The largest absolute Gasteiger partial charge is 0.508 e. The van der Waals surface area contributed by atoms with E-state index in [0.29, 0.717) is 5.56 Å². The van der Waals surface area contributed by atoms with Gasteiger partial charge in [0.2, 0.25) is 0 Å². The molecule has 0 saturated heterocycles. The van der Waals surface area contributed by atoms with E-state index in [1.165, 1.54) is 17.0 Å². The number of nitrogens with zero attached hydrogens (tertiary/aromatic N) is 2. The molecule has 0 unspecified atom stereocenters. The van der Waals surface area contributed by atoms with E-state index in [0.717, 1.165) is 11.8 Å². The Hall–Kier alpha value is -2.41. The van der Waals surface area contributed by atoms with Gasteiger partial charge in [-0.1, -0.05) is 6.07 Å². The Morgan fingerprint density at radius 3 is 2.81 bits per heavy atom. The molecule has 2 rings (SSSR count). The highest BCUT2D eigenvalue weighted by Crippen LogP contribution is 2.17. The molecule has 0 aliphatic carbocycles. The van der Waals surface area contributed by atoms with E-state index < -0.39 is 5.82 Å². The standard InChI is InChI=1S/C14H17FN4O2/c1-9-6-13(18-17-9)14(21)19(5-4-16)8-10-2-3-11(20)7-12(10)15/h2-3,6-7,20H,4-5,8,16H2,1H3,(H,17,18). The van der Waals surface area contributed by atoms with E-state index in [9.17, 15) is 14.3 Å². The number of aromatic amines is 1. The summed E-state index contributed by atoms with van der Waals surface area (Å²) in [4.78, 5) is 13.8. The Labute approximate surface area is 121 Å². The van der Waals surface area contributed by atoms with Gasteiger partial charge in [-0.3, -0.25) is 9.89 Å². The predicted octanol–water partition coefficient (Wildman–Crippen LogP) is 1.16. The maximum Gasteiger partial charge on any atom is 0.274 e. The maximum atomic E-state index is 13.8. The van der Waals surface area contributed by atoms with Gasteiger partial charge in [-0.05, 0) is 19.1 Å². The summed E-state index contributed by atoms with van der Waals surface area (Å²) in [6, 6.07) is 5.46. The van der Waals surface area contributed by atoms with Gasteiger partial charge >= 0.3 is 0 Å². The van der Waals surface area contributed by atoms with Crippen LogP contribution in [0.2, 0.25) is 0 Å². The van der Waals surface area contributed by atoms with Gasteiger partial charge in [0.15, 0.2) is 0 Å². The number of phenols is 1. The van der Waals surface area contributed by atoms with Crippen LogP contribution in [0.25, 0.3) is 0 Å². The summed E-state index contributed by atoms with van der Waals surface area (Å²) in [6.07, 6.45) is 0. The number of aromatic hydroxyl groups is 1. The second kappa shape index (κ2) is 6.36. The smallest absolute Gasteiger partial charge is 0.274 e. The summed E-state index contributed by atoms with van der Waals surface area (Å²) in [5.74, 6) is -1.05. The lowest BCUT2D eigenvalue weighted by atomic mass is 10.1. The van der Waals surface area contributed by atoms with Gasteiger partial charge in [0, 0.05) is 37.0 Å². The average Bonchev–Trinajstić information content (AvgIpc) is 2.87. The van der Waals surface area contributed by atoms with E-state index in [1.54, 1.807) is 13.0 Å². The zero-order valence-electron chi connectivity index (χ0n) is 11.6. The van der Waals surface area contributed by atoms with E-state index in [4.69, 9.17) is 5.73 Å². The molecule has 0 aliphatic heterocycles. The molecular formula is C14H17FN4O2. The second-order valence-electron chi connectivity index (χ2n) is 4.73. The number of aryl methyl sites for hydroxylation is 1. The number of amides is 1. The predicted molar refractivity (Wildman–Crippen MR) is 75.2 cm³/mol. The first-order valence-corrected chi connectivity index (χ1v) is 6.50. The van der Waals surface area contributed by atoms with Crippen molar-refractivity contribution in [3.63, 3.8) is 0 Å². The zero-order chi connectivity index (χ0) is 15.4. The van der Waals surface area contributed by atoms with Crippen molar-refractivity contribution in [3.8, 4) is 5.75 Å². The molecule has 0 aliphatic rings. The van der Waals surface area contributed by atoms with Crippen LogP contribution in [0.1, 0.15) is 21.7 Å². The van der Waals surface area contributed by atoms with Gasteiger partial charge in [-0.15, -0.1) is 0 Å². The van der Waals surface area contributed by atoms with Crippen molar-refractivity contribution in [1.29, 1.82) is 0 Å². The number of phenolic OH excluding ortho intramolecular Hbond substituents is 1. The lowest BCUT2D eigenvalue weighted by molar-refractivity contribution is 0.0740. The number of aromatic nitrogens is 2. The van der Waals surface area contributed by atoms with Crippen molar-refractivity contribution in [2.24, 2.45) is 5.73 Å². The van der Waals surface area contributed by atoms with Crippen LogP contribution in [-0.4, -0.2) is 39.2 Å².